The summed E-state index contributed by atoms with van der Waals surface area (Å²) in [6.07, 6.45) is 0. The average molecular weight is 323 g/mol. The summed E-state index contributed by atoms with van der Waals surface area (Å²) in [5, 5.41) is 11.8. The highest BCUT2D eigenvalue weighted by Crippen LogP contribution is 2.19. The molecule has 0 heterocycles. The minimum atomic E-state index is -0.663. The number of hydrogen-bond acceptors (Lipinski definition) is 3. The second-order valence-corrected chi connectivity index (χ2v) is 5.21. The third-order valence-electron chi connectivity index (χ3n) is 3.18. The number of hydrogen-bond donors (Lipinski definition) is 2. The van der Waals surface area contributed by atoms with Crippen LogP contribution in [-0.2, 0) is 0 Å². The van der Waals surface area contributed by atoms with E-state index in [0.717, 1.165) is 11.8 Å². The van der Waals surface area contributed by atoms with Crippen molar-refractivity contribution < 1.29 is 14.3 Å². The van der Waals surface area contributed by atoms with E-state index in [1.165, 1.54) is 12.1 Å². The number of carbonyl (C=O) groups excluding carboxylic acids is 1. The van der Waals surface area contributed by atoms with Crippen LogP contribution in [0.5, 0.6) is 0 Å². The number of halogens is 2. The Kier molecular flexibility index (Phi) is 5.35. The lowest BCUT2D eigenvalue weighted by molar-refractivity contribution is 0.102. The Morgan fingerprint density at radius 2 is 1.95 bits per heavy atom. The lowest BCUT2D eigenvalue weighted by Gasteiger charge is -2.18. The molecule has 2 rings (SSSR count). The number of aliphatic hydroxyl groups excluding tert-OH is 1. The van der Waals surface area contributed by atoms with Gasteiger partial charge in [-0.05, 0) is 42.5 Å². The number of aliphatic hydroxyl groups is 1. The largest absolute Gasteiger partial charge is 0.395 e. The predicted octanol–water partition coefficient (Wildman–Crippen LogP) is 3.16. The molecule has 0 aliphatic carbocycles. The van der Waals surface area contributed by atoms with Crippen molar-refractivity contribution in [2.24, 2.45) is 0 Å². The molecule has 0 aromatic heterocycles. The molecule has 0 atom stereocenters. The zero-order valence-corrected chi connectivity index (χ0v) is 12.8. The van der Waals surface area contributed by atoms with E-state index in [0.29, 0.717) is 12.2 Å². The number of amides is 1. The van der Waals surface area contributed by atoms with Gasteiger partial charge in [0.15, 0.2) is 0 Å². The Hall–Kier alpha value is -2.11. The van der Waals surface area contributed by atoms with Crippen LogP contribution < -0.4 is 10.2 Å². The molecule has 0 saturated heterocycles. The molecule has 2 N–H and O–H groups in total. The van der Waals surface area contributed by atoms with Gasteiger partial charge in [0.1, 0.15) is 5.82 Å². The third kappa shape index (κ3) is 3.96. The summed E-state index contributed by atoms with van der Waals surface area (Å²) in [5.74, 6) is -1.20. The predicted molar refractivity (Wildman–Crippen MR) is 86.2 cm³/mol. The van der Waals surface area contributed by atoms with Crippen molar-refractivity contribution in [1.82, 2.24) is 0 Å². The second-order valence-electron chi connectivity index (χ2n) is 4.77. The lowest BCUT2D eigenvalue weighted by atomic mass is 10.2. The fourth-order valence-electron chi connectivity index (χ4n) is 1.95. The first-order valence-electron chi connectivity index (χ1n) is 6.69. The van der Waals surface area contributed by atoms with Gasteiger partial charge in [-0.1, -0.05) is 11.6 Å². The van der Waals surface area contributed by atoms with Crippen LogP contribution in [0.3, 0.4) is 0 Å². The van der Waals surface area contributed by atoms with E-state index in [4.69, 9.17) is 16.7 Å². The molecule has 4 nitrogen and oxygen atoms in total. The Bertz CT molecular complexity index is 662. The summed E-state index contributed by atoms with van der Waals surface area (Å²) < 4.78 is 13.7. The molecular formula is C16H16ClFN2O2. The molecule has 116 valence electrons. The molecule has 0 radical (unpaired) electrons. The first-order chi connectivity index (χ1) is 10.5. The number of nitrogens with zero attached hydrogens (tertiary/aromatic N) is 1. The van der Waals surface area contributed by atoms with Crippen LogP contribution in [-0.4, -0.2) is 31.2 Å². The molecule has 0 bridgehead atoms. The van der Waals surface area contributed by atoms with Crippen LogP contribution in [0.25, 0.3) is 0 Å². The van der Waals surface area contributed by atoms with Crippen LogP contribution in [0.1, 0.15) is 10.4 Å². The summed E-state index contributed by atoms with van der Waals surface area (Å²) in [6.45, 7) is 0.576. The quantitative estimate of drug-likeness (QED) is 0.889. The van der Waals surface area contributed by atoms with E-state index in [9.17, 15) is 9.18 Å². The van der Waals surface area contributed by atoms with Crippen LogP contribution in [0.2, 0.25) is 5.02 Å². The first kappa shape index (κ1) is 16.3. The number of nitrogens with one attached hydrogen (secondary N) is 1. The fraction of sp³-hybridized carbons (Fsp3) is 0.188. The van der Waals surface area contributed by atoms with Gasteiger partial charge in [0.05, 0.1) is 12.2 Å². The third-order valence-corrected chi connectivity index (χ3v) is 3.41. The molecule has 2 aromatic rings. The van der Waals surface area contributed by atoms with E-state index >= 15 is 0 Å². The van der Waals surface area contributed by atoms with Gasteiger partial charge < -0.3 is 15.3 Å². The lowest BCUT2D eigenvalue weighted by Crippen LogP contribution is -2.21. The van der Waals surface area contributed by atoms with Gasteiger partial charge in [0, 0.05) is 30.0 Å². The molecule has 0 aliphatic rings. The zero-order chi connectivity index (χ0) is 16.1. The fourth-order valence-corrected chi connectivity index (χ4v) is 2.11. The van der Waals surface area contributed by atoms with Crippen molar-refractivity contribution in [2.45, 2.75) is 0 Å². The summed E-state index contributed by atoms with van der Waals surface area (Å²) in [7, 11) is 1.85. The molecule has 0 fully saturated rings. The molecule has 22 heavy (non-hydrogen) atoms. The molecule has 0 spiro atoms. The van der Waals surface area contributed by atoms with Gasteiger partial charge in [-0.2, -0.15) is 0 Å². The van der Waals surface area contributed by atoms with E-state index in [1.807, 2.05) is 24.1 Å². The minimum absolute atomic E-state index is 0.0603. The number of rotatable bonds is 5. The number of carbonyl (C=O) groups is 1. The second kappa shape index (κ2) is 7.24. The molecule has 0 aliphatic heterocycles. The van der Waals surface area contributed by atoms with Gasteiger partial charge in [0.25, 0.3) is 5.91 Å². The Labute approximate surface area is 133 Å². The highest BCUT2D eigenvalue weighted by molar-refractivity contribution is 6.30. The normalized spacial score (nSPS) is 10.4. The summed E-state index contributed by atoms with van der Waals surface area (Å²) in [4.78, 5) is 13.9. The molecule has 0 unspecified atom stereocenters. The van der Waals surface area contributed by atoms with Gasteiger partial charge in [-0.15, -0.1) is 0 Å². The van der Waals surface area contributed by atoms with Crippen LogP contribution in [0.15, 0.2) is 42.5 Å². The topological polar surface area (TPSA) is 52.6 Å². The van der Waals surface area contributed by atoms with E-state index in [1.54, 1.807) is 12.1 Å². The highest BCUT2D eigenvalue weighted by Gasteiger charge is 2.12. The molecular weight excluding hydrogens is 307 g/mol. The highest BCUT2D eigenvalue weighted by atomic mass is 35.5. The maximum absolute atomic E-state index is 13.7. The summed E-state index contributed by atoms with van der Waals surface area (Å²) >= 11 is 5.66. The van der Waals surface area contributed by atoms with Gasteiger partial charge in [0.2, 0.25) is 0 Å². The number of likely N-dealkylation sites (N-methyl/N-ethyl adjacent to an activating group) is 1. The average Bonchev–Trinajstić information content (AvgIpc) is 2.48. The van der Waals surface area contributed by atoms with E-state index in [-0.39, 0.29) is 17.2 Å². The van der Waals surface area contributed by atoms with Crippen molar-refractivity contribution in [2.75, 3.05) is 30.4 Å². The Balaban J connectivity index is 2.08. The summed E-state index contributed by atoms with van der Waals surface area (Å²) in [6, 6.07) is 11.0. The maximum Gasteiger partial charge on any atom is 0.258 e. The number of anilines is 2. The molecule has 6 heteroatoms. The van der Waals surface area contributed by atoms with Gasteiger partial charge in [-0.25, -0.2) is 4.39 Å². The summed E-state index contributed by atoms with van der Waals surface area (Å²) in [5.41, 5.74) is 1.40. The Morgan fingerprint density at radius 1 is 1.27 bits per heavy atom. The minimum Gasteiger partial charge on any atom is -0.395 e. The molecule has 0 saturated carbocycles. The van der Waals surface area contributed by atoms with Crippen molar-refractivity contribution in [3.05, 3.63) is 58.9 Å². The number of benzene rings is 2. The first-order valence-corrected chi connectivity index (χ1v) is 7.07. The monoisotopic (exact) mass is 322 g/mol. The smallest absolute Gasteiger partial charge is 0.258 e. The molecule has 2 aromatic carbocycles. The van der Waals surface area contributed by atoms with Crippen molar-refractivity contribution >= 4 is 28.9 Å². The van der Waals surface area contributed by atoms with Gasteiger partial charge in [-0.3, -0.25) is 4.79 Å². The zero-order valence-electron chi connectivity index (χ0n) is 12.0. The van der Waals surface area contributed by atoms with Crippen molar-refractivity contribution in [3.63, 3.8) is 0 Å². The standard InChI is InChI=1S/C16H16ClFN2O2/c1-20(8-9-21)13-5-3-12(4-6-13)19-16(22)14-7-2-11(17)10-15(14)18/h2-7,10,21H,8-9H2,1H3,(H,19,22). The molecule has 1 amide bonds. The SMILES string of the molecule is CN(CCO)c1ccc(NC(=O)c2ccc(Cl)cc2F)cc1. The van der Waals surface area contributed by atoms with Crippen molar-refractivity contribution in [3.8, 4) is 0 Å². The van der Waals surface area contributed by atoms with Crippen LogP contribution in [0, 0.1) is 5.82 Å². The van der Waals surface area contributed by atoms with Crippen molar-refractivity contribution in [1.29, 1.82) is 0 Å². The van der Waals surface area contributed by atoms with Crippen LogP contribution >= 0.6 is 11.6 Å². The maximum atomic E-state index is 13.7. The van der Waals surface area contributed by atoms with E-state index < -0.39 is 11.7 Å². The van der Waals surface area contributed by atoms with E-state index in [2.05, 4.69) is 5.32 Å². The van der Waals surface area contributed by atoms with Gasteiger partial charge >= 0.3 is 0 Å². The Morgan fingerprint density at radius 3 is 2.55 bits per heavy atom. The van der Waals surface area contributed by atoms with Crippen LogP contribution in [0.4, 0.5) is 15.8 Å².